The summed E-state index contributed by atoms with van der Waals surface area (Å²) in [5.74, 6) is 0.665. The van der Waals surface area contributed by atoms with E-state index in [1.54, 1.807) is 7.11 Å². The molecule has 1 aromatic rings. The molecule has 3 rings (SSSR count). The average molecular weight is 271 g/mol. The van der Waals surface area contributed by atoms with Crippen LogP contribution in [-0.4, -0.2) is 37.2 Å². The smallest absolute Gasteiger partial charge is 0.136 e. The Hall–Kier alpha value is -1.57. The van der Waals surface area contributed by atoms with Crippen LogP contribution in [0.4, 0.5) is 0 Å². The van der Waals surface area contributed by atoms with Crippen LogP contribution in [0.25, 0.3) is 0 Å². The molecule has 1 heterocycles. The molecule has 1 saturated heterocycles. The summed E-state index contributed by atoms with van der Waals surface area (Å²) >= 11 is 0. The van der Waals surface area contributed by atoms with Gasteiger partial charge in [-0.15, -0.1) is 0 Å². The second-order valence-corrected chi connectivity index (χ2v) is 5.74. The normalized spacial score (nSPS) is 22.7. The number of likely N-dealkylation sites (tertiary alicyclic amines) is 1. The van der Waals surface area contributed by atoms with E-state index in [0.29, 0.717) is 17.4 Å². The molecule has 2 fully saturated rings. The van der Waals surface area contributed by atoms with Crippen molar-refractivity contribution in [1.82, 2.24) is 10.2 Å². The molecule has 1 aliphatic carbocycles. The third kappa shape index (κ3) is 2.95. The number of hydrogen-bond donors (Lipinski definition) is 1. The van der Waals surface area contributed by atoms with Gasteiger partial charge in [0.05, 0.1) is 12.7 Å². The summed E-state index contributed by atoms with van der Waals surface area (Å²) in [5.41, 5.74) is 1.77. The lowest BCUT2D eigenvalue weighted by Gasteiger charge is -2.16. The first-order valence-corrected chi connectivity index (χ1v) is 7.34. The van der Waals surface area contributed by atoms with Gasteiger partial charge in [-0.25, -0.2) is 0 Å². The van der Waals surface area contributed by atoms with Crippen LogP contribution in [0.15, 0.2) is 18.2 Å². The maximum absolute atomic E-state index is 8.98. The molecule has 0 aromatic heterocycles. The molecule has 0 spiro atoms. The molecule has 1 saturated carbocycles. The fourth-order valence-corrected chi connectivity index (χ4v) is 2.93. The van der Waals surface area contributed by atoms with Gasteiger partial charge in [0.1, 0.15) is 11.8 Å². The fourth-order valence-electron chi connectivity index (χ4n) is 2.93. The monoisotopic (exact) mass is 271 g/mol. The number of nitriles is 1. The number of benzene rings is 1. The van der Waals surface area contributed by atoms with E-state index in [2.05, 4.69) is 16.3 Å². The van der Waals surface area contributed by atoms with E-state index in [1.807, 2.05) is 18.2 Å². The Morgan fingerprint density at radius 3 is 2.95 bits per heavy atom. The van der Waals surface area contributed by atoms with Crippen molar-refractivity contribution in [2.24, 2.45) is 0 Å². The number of hydrogen-bond acceptors (Lipinski definition) is 4. The Bertz CT molecular complexity index is 519. The Labute approximate surface area is 120 Å². The standard InChI is InChI=1S/C16H21N3O/c1-20-16-8-12(2-3-13(16)9-17)10-18-14-6-7-19(11-14)15-4-5-15/h2-3,8,14-15,18H,4-7,10-11H2,1H3. The Kier molecular flexibility index (Phi) is 3.90. The lowest BCUT2D eigenvalue weighted by molar-refractivity contribution is 0.317. The van der Waals surface area contributed by atoms with E-state index in [-0.39, 0.29) is 0 Å². The molecule has 0 radical (unpaired) electrons. The molecule has 20 heavy (non-hydrogen) atoms. The van der Waals surface area contributed by atoms with Crippen molar-refractivity contribution in [2.45, 2.75) is 37.9 Å². The second-order valence-electron chi connectivity index (χ2n) is 5.74. The van der Waals surface area contributed by atoms with Crippen LogP contribution in [-0.2, 0) is 6.54 Å². The van der Waals surface area contributed by atoms with Crippen molar-refractivity contribution in [1.29, 1.82) is 5.26 Å². The molecule has 4 heteroatoms. The zero-order valence-corrected chi connectivity index (χ0v) is 11.9. The van der Waals surface area contributed by atoms with E-state index in [9.17, 15) is 0 Å². The molecule has 1 atom stereocenters. The largest absolute Gasteiger partial charge is 0.495 e. The predicted octanol–water partition coefficient (Wildman–Crippen LogP) is 1.89. The second kappa shape index (κ2) is 5.82. The van der Waals surface area contributed by atoms with E-state index in [1.165, 1.54) is 37.9 Å². The van der Waals surface area contributed by atoms with Crippen molar-refractivity contribution in [3.63, 3.8) is 0 Å². The first-order valence-electron chi connectivity index (χ1n) is 7.34. The maximum Gasteiger partial charge on any atom is 0.136 e. The van der Waals surface area contributed by atoms with Crippen LogP contribution in [0.5, 0.6) is 5.75 Å². The summed E-state index contributed by atoms with van der Waals surface area (Å²) < 4.78 is 5.25. The Balaban J connectivity index is 1.54. The van der Waals surface area contributed by atoms with Crippen LogP contribution in [0, 0.1) is 11.3 Å². The minimum absolute atomic E-state index is 0.594. The highest BCUT2D eigenvalue weighted by molar-refractivity contribution is 5.45. The van der Waals surface area contributed by atoms with Crippen LogP contribution in [0.1, 0.15) is 30.4 Å². The number of nitrogens with zero attached hydrogens (tertiary/aromatic N) is 2. The van der Waals surface area contributed by atoms with Gasteiger partial charge in [0.25, 0.3) is 0 Å². The SMILES string of the molecule is COc1cc(CNC2CCN(C3CC3)C2)ccc1C#N. The summed E-state index contributed by atoms with van der Waals surface area (Å²) in [4.78, 5) is 2.61. The van der Waals surface area contributed by atoms with Gasteiger partial charge < -0.3 is 10.1 Å². The van der Waals surface area contributed by atoms with Crippen molar-refractivity contribution < 1.29 is 4.74 Å². The molecular weight excluding hydrogens is 250 g/mol. The van der Waals surface area contributed by atoms with E-state index in [4.69, 9.17) is 10.00 Å². The minimum atomic E-state index is 0.594. The molecule has 1 unspecified atom stereocenters. The lowest BCUT2D eigenvalue weighted by Crippen LogP contribution is -2.32. The minimum Gasteiger partial charge on any atom is -0.495 e. The number of ether oxygens (including phenoxy) is 1. The first kappa shape index (κ1) is 13.4. The summed E-state index contributed by atoms with van der Waals surface area (Å²) in [7, 11) is 1.61. The Morgan fingerprint density at radius 2 is 2.25 bits per heavy atom. The molecule has 1 aliphatic heterocycles. The highest BCUT2D eigenvalue weighted by Gasteiger charge is 2.33. The van der Waals surface area contributed by atoms with E-state index >= 15 is 0 Å². The predicted molar refractivity (Wildman–Crippen MR) is 77.5 cm³/mol. The third-order valence-corrected chi connectivity index (χ3v) is 4.26. The van der Waals surface area contributed by atoms with Crippen LogP contribution >= 0.6 is 0 Å². The van der Waals surface area contributed by atoms with E-state index < -0.39 is 0 Å². The number of nitrogens with one attached hydrogen (secondary N) is 1. The fraction of sp³-hybridized carbons (Fsp3) is 0.562. The van der Waals surface area contributed by atoms with Crippen LogP contribution in [0.3, 0.4) is 0 Å². The van der Waals surface area contributed by atoms with Gasteiger partial charge in [0.15, 0.2) is 0 Å². The highest BCUT2D eigenvalue weighted by Crippen LogP contribution is 2.29. The topological polar surface area (TPSA) is 48.3 Å². The molecule has 1 N–H and O–H groups in total. The van der Waals surface area contributed by atoms with E-state index in [0.717, 1.165) is 12.6 Å². The zero-order chi connectivity index (χ0) is 13.9. The zero-order valence-electron chi connectivity index (χ0n) is 11.9. The highest BCUT2D eigenvalue weighted by atomic mass is 16.5. The third-order valence-electron chi connectivity index (χ3n) is 4.26. The Morgan fingerprint density at radius 1 is 1.40 bits per heavy atom. The number of rotatable bonds is 5. The quantitative estimate of drug-likeness (QED) is 0.888. The van der Waals surface area contributed by atoms with Gasteiger partial charge >= 0.3 is 0 Å². The summed E-state index contributed by atoms with van der Waals surface area (Å²) in [6.07, 6.45) is 4.02. The van der Waals surface area contributed by atoms with Gasteiger partial charge in [-0.1, -0.05) is 6.07 Å². The van der Waals surface area contributed by atoms with Gasteiger partial charge in [0.2, 0.25) is 0 Å². The van der Waals surface area contributed by atoms with Gasteiger partial charge in [-0.3, -0.25) is 4.90 Å². The van der Waals surface area contributed by atoms with Crippen LogP contribution in [0.2, 0.25) is 0 Å². The molecule has 106 valence electrons. The molecule has 4 nitrogen and oxygen atoms in total. The molecular formula is C16H21N3O. The maximum atomic E-state index is 8.98. The average Bonchev–Trinajstić information content (AvgIpc) is 3.23. The lowest BCUT2D eigenvalue weighted by atomic mass is 10.1. The molecule has 2 aliphatic rings. The molecule has 0 bridgehead atoms. The molecule has 0 amide bonds. The summed E-state index contributed by atoms with van der Waals surface area (Å²) in [6, 6.07) is 9.40. The van der Waals surface area contributed by atoms with Crippen molar-refractivity contribution in [2.75, 3.05) is 20.2 Å². The van der Waals surface area contributed by atoms with Crippen molar-refractivity contribution in [3.05, 3.63) is 29.3 Å². The van der Waals surface area contributed by atoms with Gasteiger partial charge in [-0.05, 0) is 37.0 Å². The summed E-state index contributed by atoms with van der Waals surface area (Å²) in [5, 5.41) is 12.6. The van der Waals surface area contributed by atoms with Gasteiger partial charge in [-0.2, -0.15) is 5.26 Å². The molecule has 1 aromatic carbocycles. The van der Waals surface area contributed by atoms with Gasteiger partial charge in [0, 0.05) is 31.7 Å². The number of methoxy groups -OCH3 is 1. The van der Waals surface area contributed by atoms with Crippen molar-refractivity contribution >= 4 is 0 Å². The summed E-state index contributed by atoms with van der Waals surface area (Å²) in [6.45, 7) is 3.25. The van der Waals surface area contributed by atoms with Crippen LogP contribution < -0.4 is 10.1 Å². The first-order chi connectivity index (χ1) is 9.80. The van der Waals surface area contributed by atoms with Crippen molar-refractivity contribution in [3.8, 4) is 11.8 Å².